The number of rotatable bonds is 3. The Morgan fingerprint density at radius 2 is 1.79 bits per heavy atom. The SMILES string of the molecule is NCC1(NC(=O)Oc2ccccc2)CCCCCC1. The second-order valence-electron chi connectivity index (χ2n) is 5.23. The summed E-state index contributed by atoms with van der Waals surface area (Å²) in [6.45, 7) is 0.469. The molecule has 1 amide bonds. The Kier molecular flexibility index (Phi) is 4.80. The average Bonchev–Trinajstić information content (AvgIpc) is 2.66. The molecule has 2 rings (SSSR count). The predicted octanol–water partition coefficient (Wildman–Crippen LogP) is 2.83. The molecule has 1 aliphatic rings. The molecule has 0 heterocycles. The van der Waals surface area contributed by atoms with E-state index in [-0.39, 0.29) is 5.54 Å². The summed E-state index contributed by atoms with van der Waals surface area (Å²) in [5, 5.41) is 2.98. The zero-order chi connectivity index (χ0) is 13.6. The van der Waals surface area contributed by atoms with Gasteiger partial charge in [-0.05, 0) is 25.0 Å². The van der Waals surface area contributed by atoms with E-state index >= 15 is 0 Å². The van der Waals surface area contributed by atoms with Gasteiger partial charge >= 0.3 is 6.09 Å². The van der Waals surface area contributed by atoms with E-state index in [0.717, 1.165) is 25.7 Å². The number of hydrogen-bond donors (Lipinski definition) is 2. The monoisotopic (exact) mass is 262 g/mol. The zero-order valence-electron chi connectivity index (χ0n) is 11.2. The van der Waals surface area contributed by atoms with Gasteiger partial charge in [0, 0.05) is 6.54 Å². The molecule has 0 aliphatic heterocycles. The molecule has 1 aromatic rings. The van der Waals surface area contributed by atoms with Crippen LogP contribution in [0.25, 0.3) is 0 Å². The van der Waals surface area contributed by atoms with Crippen molar-refractivity contribution in [3.8, 4) is 5.75 Å². The molecular weight excluding hydrogens is 240 g/mol. The third kappa shape index (κ3) is 3.96. The molecule has 19 heavy (non-hydrogen) atoms. The van der Waals surface area contributed by atoms with E-state index in [0.29, 0.717) is 12.3 Å². The second-order valence-corrected chi connectivity index (χ2v) is 5.23. The maximum Gasteiger partial charge on any atom is 0.413 e. The highest BCUT2D eigenvalue weighted by atomic mass is 16.6. The number of carbonyl (C=O) groups is 1. The molecule has 0 bridgehead atoms. The van der Waals surface area contributed by atoms with Crippen LogP contribution in [0, 0.1) is 0 Å². The van der Waals surface area contributed by atoms with Crippen molar-refractivity contribution in [3.63, 3.8) is 0 Å². The highest BCUT2D eigenvalue weighted by Crippen LogP contribution is 2.26. The number of para-hydroxylation sites is 1. The lowest BCUT2D eigenvalue weighted by Crippen LogP contribution is -2.54. The molecule has 0 radical (unpaired) electrons. The maximum atomic E-state index is 12.0. The molecule has 4 heteroatoms. The van der Waals surface area contributed by atoms with Crippen LogP contribution in [-0.2, 0) is 0 Å². The van der Waals surface area contributed by atoms with Crippen molar-refractivity contribution in [2.45, 2.75) is 44.1 Å². The molecule has 1 aliphatic carbocycles. The fraction of sp³-hybridized carbons (Fsp3) is 0.533. The van der Waals surface area contributed by atoms with Crippen molar-refractivity contribution in [1.82, 2.24) is 5.32 Å². The van der Waals surface area contributed by atoms with E-state index in [9.17, 15) is 4.79 Å². The van der Waals surface area contributed by atoms with Gasteiger partial charge < -0.3 is 15.8 Å². The standard InChI is InChI=1S/C15H22N2O2/c16-12-15(10-6-1-2-7-11-15)17-14(18)19-13-8-4-3-5-9-13/h3-5,8-9H,1-2,6-7,10-12,16H2,(H,17,18). The smallest absolute Gasteiger partial charge is 0.410 e. The Morgan fingerprint density at radius 1 is 1.16 bits per heavy atom. The fourth-order valence-electron chi connectivity index (χ4n) is 2.62. The highest BCUT2D eigenvalue weighted by molar-refractivity contribution is 5.71. The molecule has 3 N–H and O–H groups in total. The summed E-state index contributed by atoms with van der Waals surface area (Å²) < 4.78 is 5.28. The number of nitrogens with two attached hydrogens (primary N) is 1. The quantitative estimate of drug-likeness (QED) is 0.823. The summed E-state index contributed by atoms with van der Waals surface area (Å²) in [5.74, 6) is 0.556. The molecule has 0 aromatic heterocycles. The van der Waals surface area contributed by atoms with Crippen LogP contribution in [-0.4, -0.2) is 18.2 Å². The normalized spacial score (nSPS) is 18.4. The molecule has 104 valence electrons. The van der Waals surface area contributed by atoms with Gasteiger partial charge in [-0.3, -0.25) is 0 Å². The van der Waals surface area contributed by atoms with Crippen LogP contribution < -0.4 is 15.8 Å². The number of benzene rings is 1. The maximum absolute atomic E-state index is 12.0. The molecule has 1 fully saturated rings. The summed E-state index contributed by atoms with van der Waals surface area (Å²) in [6, 6.07) is 9.10. The molecule has 0 unspecified atom stereocenters. The first-order chi connectivity index (χ1) is 9.24. The van der Waals surface area contributed by atoms with Crippen molar-refractivity contribution in [1.29, 1.82) is 0 Å². The van der Waals surface area contributed by atoms with E-state index in [1.807, 2.05) is 18.2 Å². The first-order valence-electron chi connectivity index (χ1n) is 6.99. The van der Waals surface area contributed by atoms with Gasteiger partial charge in [0.1, 0.15) is 5.75 Å². The Hall–Kier alpha value is -1.55. The van der Waals surface area contributed by atoms with Crippen LogP contribution in [0.5, 0.6) is 5.75 Å². The topological polar surface area (TPSA) is 64.3 Å². The third-order valence-electron chi connectivity index (χ3n) is 3.77. The van der Waals surface area contributed by atoms with Crippen LogP contribution in [0.1, 0.15) is 38.5 Å². The zero-order valence-corrected chi connectivity index (χ0v) is 11.2. The average molecular weight is 262 g/mol. The van der Waals surface area contributed by atoms with Crippen molar-refractivity contribution in [2.24, 2.45) is 5.73 Å². The minimum atomic E-state index is -0.404. The first-order valence-corrected chi connectivity index (χ1v) is 6.99. The Labute approximate surface area is 114 Å². The van der Waals surface area contributed by atoms with Gasteiger partial charge in [-0.15, -0.1) is 0 Å². The minimum Gasteiger partial charge on any atom is -0.410 e. The lowest BCUT2D eigenvalue weighted by Gasteiger charge is -2.32. The summed E-state index contributed by atoms with van der Waals surface area (Å²) >= 11 is 0. The van der Waals surface area contributed by atoms with E-state index in [1.165, 1.54) is 12.8 Å². The Bertz CT molecular complexity index is 398. The summed E-state index contributed by atoms with van der Waals surface area (Å²) in [4.78, 5) is 12.0. The van der Waals surface area contributed by atoms with Gasteiger partial charge in [-0.25, -0.2) is 4.79 Å². The number of nitrogens with one attached hydrogen (secondary N) is 1. The first kappa shape index (κ1) is 13.9. The minimum absolute atomic E-state index is 0.289. The number of ether oxygens (including phenoxy) is 1. The second kappa shape index (κ2) is 6.57. The third-order valence-corrected chi connectivity index (χ3v) is 3.77. The molecule has 0 atom stereocenters. The lowest BCUT2D eigenvalue weighted by atomic mass is 9.90. The largest absolute Gasteiger partial charge is 0.413 e. The Balaban J connectivity index is 1.95. The summed E-state index contributed by atoms with van der Waals surface area (Å²) in [5.41, 5.74) is 5.59. The van der Waals surface area contributed by atoms with E-state index in [2.05, 4.69) is 5.32 Å². The summed E-state index contributed by atoms with van der Waals surface area (Å²) in [6.07, 6.45) is 6.14. The van der Waals surface area contributed by atoms with Gasteiger partial charge in [0.05, 0.1) is 5.54 Å². The van der Waals surface area contributed by atoms with Gasteiger partial charge in [0.15, 0.2) is 0 Å². The summed E-state index contributed by atoms with van der Waals surface area (Å²) in [7, 11) is 0. The van der Waals surface area contributed by atoms with E-state index in [1.54, 1.807) is 12.1 Å². The Morgan fingerprint density at radius 3 is 2.37 bits per heavy atom. The van der Waals surface area contributed by atoms with Crippen LogP contribution in [0.15, 0.2) is 30.3 Å². The highest BCUT2D eigenvalue weighted by Gasteiger charge is 2.31. The van der Waals surface area contributed by atoms with Crippen LogP contribution >= 0.6 is 0 Å². The van der Waals surface area contributed by atoms with Crippen LogP contribution in [0.2, 0.25) is 0 Å². The van der Waals surface area contributed by atoms with Gasteiger partial charge in [0.25, 0.3) is 0 Å². The number of carbonyl (C=O) groups excluding carboxylic acids is 1. The van der Waals surface area contributed by atoms with Crippen molar-refractivity contribution >= 4 is 6.09 Å². The molecule has 1 aromatic carbocycles. The number of amides is 1. The van der Waals surface area contributed by atoms with Crippen LogP contribution in [0.4, 0.5) is 4.79 Å². The van der Waals surface area contributed by atoms with Crippen molar-refractivity contribution in [3.05, 3.63) is 30.3 Å². The van der Waals surface area contributed by atoms with E-state index < -0.39 is 6.09 Å². The lowest BCUT2D eigenvalue weighted by molar-refractivity contribution is 0.179. The van der Waals surface area contributed by atoms with E-state index in [4.69, 9.17) is 10.5 Å². The van der Waals surface area contributed by atoms with Crippen molar-refractivity contribution < 1.29 is 9.53 Å². The van der Waals surface area contributed by atoms with Crippen LogP contribution in [0.3, 0.4) is 0 Å². The number of hydrogen-bond acceptors (Lipinski definition) is 3. The fourth-order valence-corrected chi connectivity index (χ4v) is 2.62. The van der Waals surface area contributed by atoms with Crippen molar-refractivity contribution in [2.75, 3.05) is 6.54 Å². The van der Waals surface area contributed by atoms with Gasteiger partial charge in [0.2, 0.25) is 0 Å². The molecule has 0 spiro atoms. The van der Waals surface area contributed by atoms with Gasteiger partial charge in [-0.2, -0.15) is 0 Å². The molecule has 1 saturated carbocycles. The predicted molar refractivity (Wildman–Crippen MR) is 75.1 cm³/mol. The van der Waals surface area contributed by atoms with Gasteiger partial charge in [-0.1, -0.05) is 43.9 Å². The molecular formula is C15H22N2O2. The molecule has 0 saturated heterocycles. The molecule has 4 nitrogen and oxygen atoms in total.